The summed E-state index contributed by atoms with van der Waals surface area (Å²) in [5.41, 5.74) is 0. The summed E-state index contributed by atoms with van der Waals surface area (Å²) in [6.45, 7) is 0. The second kappa shape index (κ2) is 6.28. The maximum absolute atomic E-state index is 8.88. The van der Waals surface area contributed by atoms with Crippen LogP contribution in [0.5, 0.6) is 0 Å². The molecule has 11 heavy (non-hydrogen) atoms. The minimum Gasteiger partial charge on any atom is -0.303 e. The minimum atomic E-state index is -4.64. The molecule has 0 saturated heterocycles. The standard InChI is InChI=1S/Fe.2H3O4P/c;2*1-5(2,3)4/h;2*(H3,1,2,3,4). The summed E-state index contributed by atoms with van der Waals surface area (Å²) < 4.78 is 17.8. The van der Waals surface area contributed by atoms with E-state index in [0.717, 1.165) is 0 Å². The Kier molecular flexibility index (Phi) is 10.1. The van der Waals surface area contributed by atoms with Gasteiger partial charge in [0.1, 0.15) is 0 Å². The van der Waals surface area contributed by atoms with Crippen LogP contribution in [0.2, 0.25) is 0 Å². The fraction of sp³-hybridized carbons (Fsp3) is 0. The van der Waals surface area contributed by atoms with Gasteiger partial charge in [0, 0.05) is 17.1 Å². The largest absolute Gasteiger partial charge is 0.466 e. The van der Waals surface area contributed by atoms with E-state index in [1.807, 2.05) is 0 Å². The smallest absolute Gasteiger partial charge is 0.303 e. The van der Waals surface area contributed by atoms with Crippen molar-refractivity contribution >= 4 is 15.6 Å². The minimum absolute atomic E-state index is 0. The van der Waals surface area contributed by atoms with Gasteiger partial charge in [-0.1, -0.05) is 0 Å². The second-order valence-corrected chi connectivity index (χ2v) is 3.08. The monoisotopic (exact) mass is 252 g/mol. The third-order valence-corrected chi connectivity index (χ3v) is 0. The van der Waals surface area contributed by atoms with E-state index in [1.165, 1.54) is 0 Å². The zero-order valence-electron chi connectivity index (χ0n) is 4.75. The average molecular weight is 252 g/mol. The second-order valence-electron chi connectivity index (χ2n) is 1.03. The van der Waals surface area contributed by atoms with Gasteiger partial charge in [0.2, 0.25) is 0 Å². The Hall–Kier alpha value is 0.739. The molecular weight excluding hydrogens is 246 g/mol. The van der Waals surface area contributed by atoms with Crippen molar-refractivity contribution in [2.45, 2.75) is 0 Å². The molecule has 0 fully saturated rings. The van der Waals surface area contributed by atoms with Crippen molar-refractivity contribution in [1.29, 1.82) is 0 Å². The van der Waals surface area contributed by atoms with Gasteiger partial charge in [0.25, 0.3) is 0 Å². The van der Waals surface area contributed by atoms with Gasteiger partial charge < -0.3 is 29.4 Å². The Morgan fingerprint density at radius 2 is 0.636 bits per heavy atom. The van der Waals surface area contributed by atoms with Gasteiger partial charge in [-0.2, -0.15) is 0 Å². The molecule has 0 aromatic carbocycles. The van der Waals surface area contributed by atoms with Crippen LogP contribution >= 0.6 is 15.6 Å². The summed E-state index contributed by atoms with van der Waals surface area (Å²) in [6, 6.07) is 0. The molecule has 0 heterocycles. The van der Waals surface area contributed by atoms with Crippen molar-refractivity contribution in [2.24, 2.45) is 0 Å². The molecule has 0 rings (SSSR count). The maximum Gasteiger partial charge on any atom is 0.466 e. The molecule has 0 aromatic heterocycles. The molecule has 0 spiro atoms. The summed E-state index contributed by atoms with van der Waals surface area (Å²) in [5, 5.41) is 0. The van der Waals surface area contributed by atoms with E-state index in [9.17, 15) is 0 Å². The van der Waals surface area contributed by atoms with Crippen LogP contribution in [0.4, 0.5) is 0 Å². The molecule has 0 radical (unpaired) electrons. The van der Waals surface area contributed by atoms with Gasteiger partial charge in [-0.15, -0.1) is 0 Å². The van der Waals surface area contributed by atoms with E-state index < -0.39 is 15.6 Å². The van der Waals surface area contributed by atoms with E-state index in [-0.39, 0.29) is 17.1 Å². The van der Waals surface area contributed by atoms with Crippen molar-refractivity contribution in [3.8, 4) is 0 Å². The van der Waals surface area contributed by atoms with Crippen LogP contribution in [0.25, 0.3) is 0 Å². The molecule has 0 bridgehead atoms. The van der Waals surface area contributed by atoms with Gasteiger partial charge in [-0.05, 0) is 0 Å². The Bertz CT molecular complexity index is 124. The summed E-state index contributed by atoms with van der Waals surface area (Å²) in [7, 11) is -9.28. The topological polar surface area (TPSA) is 156 Å². The summed E-state index contributed by atoms with van der Waals surface area (Å²) in [5.74, 6) is 0. The Morgan fingerprint density at radius 3 is 0.636 bits per heavy atom. The summed E-state index contributed by atoms with van der Waals surface area (Å²) in [4.78, 5) is 43.1. The van der Waals surface area contributed by atoms with Crippen molar-refractivity contribution in [3.63, 3.8) is 0 Å². The van der Waals surface area contributed by atoms with Crippen molar-refractivity contribution in [2.75, 3.05) is 0 Å². The first kappa shape index (κ1) is 17.7. The van der Waals surface area contributed by atoms with Gasteiger partial charge >= 0.3 is 15.6 Å². The van der Waals surface area contributed by atoms with E-state index in [1.54, 1.807) is 0 Å². The van der Waals surface area contributed by atoms with Crippen molar-refractivity contribution in [3.05, 3.63) is 0 Å². The van der Waals surface area contributed by atoms with E-state index >= 15 is 0 Å². The number of hydrogen-bond donors (Lipinski definition) is 6. The Balaban J connectivity index is -0.000000107. The maximum atomic E-state index is 8.88. The van der Waals surface area contributed by atoms with Crippen LogP contribution in [-0.4, -0.2) is 29.4 Å². The zero-order chi connectivity index (χ0) is 9.00. The predicted octanol–water partition coefficient (Wildman–Crippen LogP) is -1.86. The fourth-order valence-electron chi connectivity index (χ4n) is 0. The first-order valence-electron chi connectivity index (χ1n) is 1.57. The van der Waals surface area contributed by atoms with Gasteiger partial charge in [0.05, 0.1) is 0 Å². The molecule has 0 saturated carbocycles. The Morgan fingerprint density at radius 1 is 0.636 bits per heavy atom. The third kappa shape index (κ3) is 1500. The molecule has 0 aliphatic carbocycles. The molecule has 72 valence electrons. The third-order valence-electron chi connectivity index (χ3n) is 0. The molecule has 6 N–H and O–H groups in total. The fourth-order valence-corrected chi connectivity index (χ4v) is 0. The van der Waals surface area contributed by atoms with E-state index in [2.05, 4.69) is 0 Å². The first-order valence-corrected chi connectivity index (χ1v) is 4.70. The van der Waals surface area contributed by atoms with E-state index in [4.69, 9.17) is 38.5 Å². The van der Waals surface area contributed by atoms with Crippen LogP contribution in [0.15, 0.2) is 0 Å². The van der Waals surface area contributed by atoms with E-state index in [0.29, 0.717) is 0 Å². The van der Waals surface area contributed by atoms with Crippen molar-refractivity contribution < 1.29 is 55.6 Å². The van der Waals surface area contributed by atoms with Crippen molar-refractivity contribution in [1.82, 2.24) is 0 Å². The van der Waals surface area contributed by atoms with Crippen LogP contribution in [0.3, 0.4) is 0 Å². The van der Waals surface area contributed by atoms with Crippen LogP contribution < -0.4 is 0 Å². The average Bonchev–Trinajstić information content (AvgIpc) is 1.12. The van der Waals surface area contributed by atoms with Crippen LogP contribution in [0.1, 0.15) is 0 Å². The van der Waals surface area contributed by atoms with Gasteiger partial charge in [-0.25, -0.2) is 9.13 Å². The number of hydrogen-bond acceptors (Lipinski definition) is 2. The normalized spacial score (nSPS) is 10.7. The van der Waals surface area contributed by atoms with Gasteiger partial charge in [0.15, 0.2) is 0 Å². The molecule has 0 amide bonds. The number of rotatable bonds is 0. The SMILES string of the molecule is O=P(O)(O)O.O=P(O)(O)O.[Fe]. The molecule has 8 nitrogen and oxygen atoms in total. The molecule has 0 aliphatic rings. The Labute approximate surface area is 71.8 Å². The molecular formula is H6FeO8P2. The summed E-state index contributed by atoms with van der Waals surface area (Å²) in [6.07, 6.45) is 0. The molecule has 0 atom stereocenters. The molecule has 0 unspecified atom stereocenters. The van der Waals surface area contributed by atoms with Crippen LogP contribution in [-0.2, 0) is 26.2 Å². The zero-order valence-corrected chi connectivity index (χ0v) is 7.64. The predicted molar refractivity (Wildman–Crippen MR) is 28.5 cm³/mol. The molecule has 11 heteroatoms. The molecule has 0 aromatic rings. The quantitative estimate of drug-likeness (QED) is 0.216. The first-order chi connectivity index (χ1) is 4.00. The van der Waals surface area contributed by atoms with Gasteiger partial charge in [-0.3, -0.25) is 0 Å². The number of phosphoric acid groups is 2. The molecule has 0 aliphatic heterocycles. The summed E-state index contributed by atoms with van der Waals surface area (Å²) >= 11 is 0. The van der Waals surface area contributed by atoms with Crippen LogP contribution in [0, 0.1) is 0 Å².